The molecule has 7 heteroatoms. The van der Waals surface area contributed by atoms with Crippen molar-refractivity contribution >= 4 is 48.9 Å². The quantitative estimate of drug-likeness (QED) is 0.769. The smallest absolute Gasteiger partial charge is 0.206 e. The molecule has 0 N–H and O–H groups in total. The minimum atomic E-state index is -3.37. The van der Waals surface area contributed by atoms with Gasteiger partial charge in [-0.25, -0.2) is 8.42 Å². The molecule has 0 aromatic carbocycles. The van der Waals surface area contributed by atoms with Gasteiger partial charge in [0, 0.05) is 12.6 Å². The molecule has 3 rings (SSSR count). The molecular weight excluding hydrogens is 370 g/mol. The van der Waals surface area contributed by atoms with E-state index in [1.54, 1.807) is 10.4 Å². The minimum absolute atomic E-state index is 0.207. The summed E-state index contributed by atoms with van der Waals surface area (Å²) in [7, 11) is -3.37. The Morgan fingerprint density at radius 3 is 2.74 bits per heavy atom. The van der Waals surface area contributed by atoms with E-state index >= 15 is 0 Å². The van der Waals surface area contributed by atoms with Crippen molar-refractivity contribution < 1.29 is 8.42 Å². The summed E-state index contributed by atoms with van der Waals surface area (Å²) < 4.78 is 28.2. The maximum Gasteiger partial charge on any atom is 0.252 e. The molecule has 19 heavy (non-hydrogen) atoms. The summed E-state index contributed by atoms with van der Waals surface area (Å²) in [6.45, 7) is 0.658. The maximum absolute atomic E-state index is 12.7. The normalized spacial score (nSPS) is 28.5. The van der Waals surface area contributed by atoms with E-state index in [4.69, 9.17) is 11.6 Å². The lowest BCUT2D eigenvalue weighted by Gasteiger charge is -2.30. The largest absolute Gasteiger partial charge is 0.252 e. The van der Waals surface area contributed by atoms with Gasteiger partial charge in [-0.15, -0.1) is 11.3 Å². The summed E-state index contributed by atoms with van der Waals surface area (Å²) >= 11 is 10.5. The van der Waals surface area contributed by atoms with E-state index in [0.717, 1.165) is 19.3 Å². The van der Waals surface area contributed by atoms with Crippen LogP contribution in [-0.4, -0.2) is 25.3 Å². The van der Waals surface area contributed by atoms with Crippen LogP contribution >= 0.6 is 38.9 Å². The molecule has 2 atom stereocenters. The second kappa shape index (κ2) is 5.30. The second-order valence-corrected chi connectivity index (χ2v) is 10.1. The monoisotopic (exact) mass is 383 g/mol. The number of thiophene rings is 1. The Balaban J connectivity index is 1.92. The van der Waals surface area contributed by atoms with Gasteiger partial charge in [0.1, 0.15) is 4.21 Å². The first kappa shape index (κ1) is 14.3. The second-order valence-electron chi connectivity index (χ2n) is 5.20. The number of hydrogen-bond donors (Lipinski definition) is 0. The Bertz CT molecular complexity index is 567. The van der Waals surface area contributed by atoms with Gasteiger partial charge in [-0.05, 0) is 47.2 Å². The molecule has 3 nitrogen and oxygen atoms in total. The van der Waals surface area contributed by atoms with Crippen molar-refractivity contribution in [2.24, 2.45) is 5.92 Å². The minimum Gasteiger partial charge on any atom is -0.206 e. The highest BCUT2D eigenvalue weighted by atomic mass is 79.9. The van der Waals surface area contributed by atoms with Crippen molar-refractivity contribution in [2.45, 2.75) is 42.4 Å². The molecule has 106 valence electrons. The van der Waals surface area contributed by atoms with Crippen LogP contribution in [0.1, 0.15) is 32.1 Å². The summed E-state index contributed by atoms with van der Waals surface area (Å²) in [4.78, 5) is 0. The Morgan fingerprint density at radius 1 is 1.32 bits per heavy atom. The summed E-state index contributed by atoms with van der Waals surface area (Å²) in [6, 6.07) is 1.76. The summed E-state index contributed by atoms with van der Waals surface area (Å²) in [5.41, 5.74) is 0. The molecule has 2 aliphatic rings. The van der Waals surface area contributed by atoms with Crippen LogP contribution in [0.2, 0.25) is 5.02 Å². The van der Waals surface area contributed by atoms with Crippen LogP contribution < -0.4 is 0 Å². The number of nitrogens with zero attached hydrogens (tertiary/aromatic N) is 1. The van der Waals surface area contributed by atoms with Crippen molar-refractivity contribution in [3.8, 4) is 0 Å². The fraction of sp³-hybridized carbons (Fsp3) is 0.667. The molecule has 2 fully saturated rings. The third-order valence-corrected chi connectivity index (χ3v) is 8.99. The van der Waals surface area contributed by atoms with Gasteiger partial charge in [0.15, 0.2) is 0 Å². The van der Waals surface area contributed by atoms with Gasteiger partial charge in [-0.2, -0.15) is 4.31 Å². The van der Waals surface area contributed by atoms with Crippen LogP contribution in [0, 0.1) is 5.92 Å². The number of hydrogen-bond acceptors (Lipinski definition) is 3. The predicted octanol–water partition coefficient (Wildman–Crippen LogP) is 4.12. The van der Waals surface area contributed by atoms with Crippen molar-refractivity contribution in [1.82, 2.24) is 4.31 Å². The lowest BCUT2D eigenvalue weighted by Crippen LogP contribution is -2.38. The van der Waals surface area contributed by atoms with Crippen LogP contribution in [0.25, 0.3) is 0 Å². The van der Waals surface area contributed by atoms with Crippen molar-refractivity contribution in [2.75, 3.05) is 6.54 Å². The number of halogens is 2. The van der Waals surface area contributed by atoms with E-state index in [1.807, 2.05) is 0 Å². The number of sulfonamides is 1. The molecule has 0 bridgehead atoms. The van der Waals surface area contributed by atoms with E-state index in [0.29, 0.717) is 25.5 Å². The Hall–Kier alpha value is 0.380. The van der Waals surface area contributed by atoms with Gasteiger partial charge >= 0.3 is 0 Å². The van der Waals surface area contributed by atoms with E-state index in [2.05, 4.69) is 15.9 Å². The van der Waals surface area contributed by atoms with E-state index in [9.17, 15) is 8.42 Å². The van der Waals surface area contributed by atoms with Gasteiger partial charge in [-0.3, -0.25) is 0 Å². The average molecular weight is 385 g/mol. The van der Waals surface area contributed by atoms with Crippen molar-refractivity contribution in [3.05, 3.63) is 14.9 Å². The molecular formula is C12H15BrClNO2S2. The molecule has 0 radical (unpaired) electrons. The fourth-order valence-electron chi connectivity index (χ4n) is 3.23. The number of rotatable bonds is 2. The summed E-state index contributed by atoms with van der Waals surface area (Å²) in [6.07, 6.45) is 5.56. The molecule has 2 heterocycles. The van der Waals surface area contributed by atoms with Crippen molar-refractivity contribution in [3.63, 3.8) is 0 Å². The molecule has 2 unspecified atom stereocenters. The predicted molar refractivity (Wildman–Crippen MR) is 81.3 cm³/mol. The fourth-order valence-corrected chi connectivity index (χ4v) is 7.49. The summed E-state index contributed by atoms with van der Waals surface area (Å²) in [5.74, 6) is 0.558. The third kappa shape index (κ3) is 2.50. The van der Waals surface area contributed by atoms with E-state index in [-0.39, 0.29) is 6.04 Å². The molecule has 0 spiro atoms. The van der Waals surface area contributed by atoms with Crippen molar-refractivity contribution in [1.29, 1.82) is 0 Å². The zero-order valence-corrected chi connectivity index (χ0v) is 14.3. The molecule has 1 saturated heterocycles. The molecule has 1 aromatic heterocycles. The number of fused-ring (bicyclic) bond motifs is 1. The SMILES string of the molecule is O=S(=O)(c1cc(Cl)c(Br)s1)N1CCC2CCCCC21. The van der Waals surface area contributed by atoms with Gasteiger partial charge in [-0.1, -0.05) is 24.4 Å². The molecule has 1 saturated carbocycles. The lowest BCUT2D eigenvalue weighted by molar-refractivity contribution is 0.260. The lowest BCUT2D eigenvalue weighted by atomic mass is 9.86. The molecule has 0 amide bonds. The highest BCUT2D eigenvalue weighted by molar-refractivity contribution is 9.11. The maximum atomic E-state index is 12.7. The Kier molecular flexibility index (Phi) is 3.99. The van der Waals surface area contributed by atoms with Crippen LogP contribution in [-0.2, 0) is 10.0 Å². The highest BCUT2D eigenvalue weighted by Gasteiger charge is 2.42. The van der Waals surface area contributed by atoms with Gasteiger partial charge in [0.2, 0.25) is 0 Å². The standard InChI is InChI=1S/C12H15BrClNO2S2/c13-12-9(14)7-11(18-12)19(16,17)15-6-5-8-3-1-2-4-10(8)15/h7-8,10H,1-6H2. The van der Waals surface area contributed by atoms with Crippen LogP contribution in [0.15, 0.2) is 14.1 Å². The van der Waals surface area contributed by atoms with Crippen LogP contribution in [0.5, 0.6) is 0 Å². The van der Waals surface area contributed by atoms with Gasteiger partial charge < -0.3 is 0 Å². The topological polar surface area (TPSA) is 37.4 Å². The zero-order valence-electron chi connectivity index (χ0n) is 10.3. The first-order valence-electron chi connectivity index (χ1n) is 6.47. The first-order chi connectivity index (χ1) is 9.00. The average Bonchev–Trinajstić information content (AvgIpc) is 2.94. The molecule has 1 aliphatic carbocycles. The Labute approximate surface area is 131 Å². The van der Waals surface area contributed by atoms with Gasteiger partial charge in [0.25, 0.3) is 10.0 Å². The van der Waals surface area contributed by atoms with Crippen LogP contribution in [0.4, 0.5) is 0 Å². The third-order valence-electron chi connectivity index (χ3n) is 4.14. The highest BCUT2D eigenvalue weighted by Crippen LogP contribution is 2.42. The first-order valence-corrected chi connectivity index (χ1v) is 9.89. The summed E-state index contributed by atoms with van der Waals surface area (Å²) in [5, 5.41) is 0.475. The van der Waals surface area contributed by atoms with E-state index in [1.165, 1.54) is 24.2 Å². The molecule has 1 aromatic rings. The zero-order chi connectivity index (χ0) is 13.6. The molecule has 1 aliphatic heterocycles. The van der Waals surface area contributed by atoms with Crippen LogP contribution in [0.3, 0.4) is 0 Å². The van der Waals surface area contributed by atoms with E-state index < -0.39 is 10.0 Å². The van der Waals surface area contributed by atoms with Gasteiger partial charge in [0.05, 0.1) is 8.81 Å². The Morgan fingerprint density at radius 2 is 2.05 bits per heavy atom.